The molecule has 1 aliphatic heterocycles. The average molecular weight is 396 g/mol. The Morgan fingerprint density at radius 1 is 1.21 bits per heavy atom. The fourth-order valence-corrected chi connectivity index (χ4v) is 4.24. The second-order valence-corrected chi connectivity index (χ2v) is 7.50. The number of thioether (sulfide) groups is 1. The van der Waals surface area contributed by atoms with E-state index in [1.165, 1.54) is 29.0 Å². The molecule has 1 aromatic heterocycles. The summed E-state index contributed by atoms with van der Waals surface area (Å²) in [5.74, 6) is -0.382. The van der Waals surface area contributed by atoms with Gasteiger partial charge in [-0.25, -0.2) is 4.39 Å². The zero-order valence-electron chi connectivity index (χ0n) is 15.0. The number of furan rings is 1. The van der Waals surface area contributed by atoms with Gasteiger partial charge in [-0.3, -0.25) is 14.5 Å². The summed E-state index contributed by atoms with van der Waals surface area (Å²) < 4.78 is 19.4. The Kier molecular flexibility index (Phi) is 4.92. The smallest absolute Gasteiger partial charge is 0.291 e. The predicted octanol–water partition coefficient (Wildman–Crippen LogP) is 4.76. The summed E-state index contributed by atoms with van der Waals surface area (Å²) in [6.07, 6.45) is 1.44. The van der Waals surface area contributed by atoms with Crippen molar-refractivity contribution in [1.29, 1.82) is 0 Å². The predicted molar refractivity (Wildman–Crippen MR) is 107 cm³/mol. The van der Waals surface area contributed by atoms with Crippen molar-refractivity contribution >= 4 is 35.0 Å². The number of halogens is 1. The molecule has 0 aliphatic carbocycles. The SMILES string of the molecule is Cc1ccc(F)c(N2C(=O)CS[C@@H]2c2ccc(NC(=O)c3ccco3)cc2)c1. The molecule has 28 heavy (non-hydrogen) atoms. The van der Waals surface area contributed by atoms with Crippen molar-refractivity contribution in [3.05, 3.63) is 83.6 Å². The van der Waals surface area contributed by atoms with Crippen molar-refractivity contribution in [3.63, 3.8) is 0 Å². The van der Waals surface area contributed by atoms with Crippen LogP contribution in [0.1, 0.15) is 27.1 Å². The van der Waals surface area contributed by atoms with Crippen molar-refractivity contribution in [1.82, 2.24) is 0 Å². The van der Waals surface area contributed by atoms with Crippen LogP contribution in [0, 0.1) is 12.7 Å². The van der Waals surface area contributed by atoms with Crippen LogP contribution in [0.15, 0.2) is 65.3 Å². The van der Waals surface area contributed by atoms with Crippen LogP contribution in [0.3, 0.4) is 0 Å². The van der Waals surface area contributed by atoms with Gasteiger partial charge in [0.05, 0.1) is 17.7 Å². The van der Waals surface area contributed by atoms with Crippen molar-refractivity contribution in [3.8, 4) is 0 Å². The van der Waals surface area contributed by atoms with Crippen LogP contribution < -0.4 is 10.2 Å². The van der Waals surface area contributed by atoms with Gasteiger partial charge in [-0.2, -0.15) is 0 Å². The van der Waals surface area contributed by atoms with E-state index in [9.17, 15) is 14.0 Å². The summed E-state index contributed by atoms with van der Waals surface area (Å²) in [6.45, 7) is 1.86. The van der Waals surface area contributed by atoms with Gasteiger partial charge in [0.15, 0.2) is 5.76 Å². The van der Waals surface area contributed by atoms with E-state index in [1.807, 2.05) is 19.1 Å². The molecule has 3 aromatic rings. The lowest BCUT2D eigenvalue weighted by atomic mass is 10.1. The number of hydrogen-bond acceptors (Lipinski definition) is 4. The van der Waals surface area contributed by atoms with E-state index in [0.717, 1.165) is 11.1 Å². The van der Waals surface area contributed by atoms with Crippen LogP contribution in [0.2, 0.25) is 0 Å². The maximum absolute atomic E-state index is 14.4. The molecule has 0 spiro atoms. The third kappa shape index (κ3) is 3.53. The van der Waals surface area contributed by atoms with Crippen molar-refractivity contribution in [2.45, 2.75) is 12.3 Å². The van der Waals surface area contributed by atoms with Crippen LogP contribution in [0.25, 0.3) is 0 Å². The fourth-order valence-electron chi connectivity index (χ4n) is 3.07. The number of amides is 2. The monoisotopic (exact) mass is 396 g/mol. The molecule has 0 saturated carbocycles. The second-order valence-electron chi connectivity index (χ2n) is 6.44. The first-order chi connectivity index (χ1) is 13.5. The summed E-state index contributed by atoms with van der Waals surface area (Å²) in [4.78, 5) is 26.0. The average Bonchev–Trinajstić information content (AvgIpc) is 3.35. The van der Waals surface area contributed by atoms with Gasteiger partial charge in [0, 0.05) is 5.69 Å². The van der Waals surface area contributed by atoms with Crippen LogP contribution in [-0.4, -0.2) is 17.6 Å². The van der Waals surface area contributed by atoms with E-state index in [4.69, 9.17) is 4.42 Å². The largest absolute Gasteiger partial charge is 0.459 e. The first-order valence-electron chi connectivity index (χ1n) is 8.67. The third-order valence-electron chi connectivity index (χ3n) is 4.43. The van der Waals surface area contributed by atoms with E-state index in [0.29, 0.717) is 5.69 Å². The van der Waals surface area contributed by atoms with Crippen molar-refractivity contribution < 1.29 is 18.4 Å². The number of carbonyl (C=O) groups is 2. The number of rotatable bonds is 4. The Morgan fingerprint density at radius 3 is 2.71 bits per heavy atom. The normalized spacial score (nSPS) is 16.4. The van der Waals surface area contributed by atoms with Gasteiger partial charge in [0.25, 0.3) is 5.91 Å². The molecule has 2 heterocycles. The Morgan fingerprint density at radius 2 is 2.00 bits per heavy atom. The van der Waals surface area contributed by atoms with Gasteiger partial charge < -0.3 is 9.73 Å². The maximum Gasteiger partial charge on any atom is 0.291 e. The Hall–Kier alpha value is -3.06. The molecule has 142 valence electrons. The summed E-state index contributed by atoms with van der Waals surface area (Å²) in [6, 6.07) is 15.1. The zero-order valence-corrected chi connectivity index (χ0v) is 15.8. The first kappa shape index (κ1) is 18.3. The second kappa shape index (κ2) is 7.52. The number of nitrogens with zero attached hydrogens (tertiary/aromatic N) is 1. The Labute approximate surface area is 165 Å². The van der Waals surface area contributed by atoms with Gasteiger partial charge in [-0.15, -0.1) is 11.8 Å². The molecule has 1 aliphatic rings. The highest BCUT2D eigenvalue weighted by Crippen LogP contribution is 2.43. The number of anilines is 2. The minimum absolute atomic E-state index is 0.130. The zero-order chi connectivity index (χ0) is 19.7. The lowest BCUT2D eigenvalue weighted by molar-refractivity contribution is -0.115. The molecule has 0 unspecified atom stereocenters. The number of benzene rings is 2. The van der Waals surface area contributed by atoms with E-state index < -0.39 is 5.82 Å². The van der Waals surface area contributed by atoms with Gasteiger partial charge >= 0.3 is 0 Å². The van der Waals surface area contributed by atoms with Crippen LogP contribution >= 0.6 is 11.8 Å². The van der Waals surface area contributed by atoms with Gasteiger partial charge in [0.2, 0.25) is 5.91 Å². The quantitative estimate of drug-likeness (QED) is 0.691. The van der Waals surface area contributed by atoms with Crippen molar-refractivity contribution in [2.24, 2.45) is 0 Å². The molecule has 0 bridgehead atoms. The minimum atomic E-state index is -0.422. The summed E-state index contributed by atoms with van der Waals surface area (Å²) in [7, 11) is 0. The number of nitrogens with one attached hydrogen (secondary N) is 1. The number of hydrogen-bond donors (Lipinski definition) is 1. The van der Waals surface area contributed by atoms with E-state index in [-0.39, 0.29) is 34.4 Å². The summed E-state index contributed by atoms with van der Waals surface area (Å²) in [5, 5.41) is 2.43. The molecule has 0 radical (unpaired) electrons. The van der Waals surface area contributed by atoms with E-state index >= 15 is 0 Å². The van der Waals surface area contributed by atoms with Crippen molar-refractivity contribution in [2.75, 3.05) is 16.0 Å². The summed E-state index contributed by atoms with van der Waals surface area (Å²) in [5.41, 5.74) is 2.63. The molecule has 1 atom stereocenters. The lowest BCUT2D eigenvalue weighted by Crippen LogP contribution is -2.28. The molecule has 1 N–H and O–H groups in total. The first-order valence-corrected chi connectivity index (χ1v) is 9.72. The van der Waals surface area contributed by atoms with Gasteiger partial charge in [-0.1, -0.05) is 18.2 Å². The minimum Gasteiger partial charge on any atom is -0.459 e. The van der Waals surface area contributed by atoms with Crippen LogP contribution in [-0.2, 0) is 4.79 Å². The van der Waals surface area contributed by atoms with E-state index in [1.54, 1.807) is 36.4 Å². The highest BCUT2D eigenvalue weighted by atomic mass is 32.2. The molecule has 2 amide bonds. The fraction of sp³-hybridized carbons (Fsp3) is 0.143. The molecule has 4 rings (SSSR count). The topological polar surface area (TPSA) is 62.6 Å². The molecule has 1 saturated heterocycles. The molecular weight excluding hydrogens is 379 g/mol. The highest BCUT2D eigenvalue weighted by molar-refractivity contribution is 8.00. The third-order valence-corrected chi connectivity index (χ3v) is 5.64. The highest BCUT2D eigenvalue weighted by Gasteiger charge is 2.35. The maximum atomic E-state index is 14.4. The number of carbonyl (C=O) groups excluding carboxylic acids is 2. The molecule has 2 aromatic carbocycles. The standard InChI is InChI=1S/C21H17FN2O3S/c1-13-4-9-16(22)17(11-13)24-19(25)12-28-21(24)14-5-7-15(8-6-14)23-20(26)18-3-2-10-27-18/h2-11,21H,12H2,1H3,(H,23,26)/t21-/m1/s1. The van der Waals surface area contributed by atoms with E-state index in [2.05, 4.69) is 5.32 Å². The van der Waals surface area contributed by atoms with Gasteiger partial charge in [0.1, 0.15) is 11.2 Å². The summed E-state index contributed by atoms with van der Waals surface area (Å²) >= 11 is 1.45. The molecule has 5 nitrogen and oxygen atoms in total. The van der Waals surface area contributed by atoms with Crippen LogP contribution in [0.5, 0.6) is 0 Å². The Bertz CT molecular complexity index is 1020. The lowest BCUT2D eigenvalue weighted by Gasteiger charge is -2.25. The van der Waals surface area contributed by atoms with Gasteiger partial charge in [-0.05, 0) is 54.4 Å². The number of aryl methyl sites for hydroxylation is 1. The molecular formula is C21H17FN2O3S. The molecule has 1 fully saturated rings. The van der Waals surface area contributed by atoms with Crippen LogP contribution in [0.4, 0.5) is 15.8 Å². The Balaban J connectivity index is 1.57. The molecule has 7 heteroatoms.